The minimum Gasteiger partial charge on any atom is -0.425 e. The van der Waals surface area contributed by atoms with Crippen LogP contribution in [-0.4, -0.2) is 21.9 Å². The molecule has 1 N–H and O–H groups in total. The number of ether oxygens (including phenoxy) is 1. The zero-order chi connectivity index (χ0) is 20.5. The smallest absolute Gasteiger partial charge is 0.310 e. The molecule has 5 rings (SSSR count). The van der Waals surface area contributed by atoms with Crippen LogP contribution >= 0.6 is 11.6 Å². The molecule has 2 aromatic heterocycles. The van der Waals surface area contributed by atoms with Crippen LogP contribution in [0.5, 0.6) is 5.75 Å². The number of aliphatic imine (C=N–C) groups is 1. The number of fused-ring (bicyclic) bond motifs is 1. The number of pyridine rings is 1. The minimum atomic E-state index is -0.281. The van der Waals surface area contributed by atoms with Gasteiger partial charge in [-0.3, -0.25) is 4.79 Å². The lowest BCUT2D eigenvalue weighted by atomic mass is 10.2. The number of aromatic amines is 1. The number of nitrogens with one attached hydrogen (secondary N) is 1. The average molecular weight is 415 g/mol. The molecule has 1 aliphatic heterocycles. The van der Waals surface area contributed by atoms with E-state index < -0.39 is 0 Å². The third kappa shape index (κ3) is 3.33. The highest BCUT2D eigenvalue weighted by Gasteiger charge is 2.33. The molecule has 0 atom stereocenters. The molecule has 146 valence electrons. The number of carbonyl (C=O) groups is 1. The first-order valence-corrected chi connectivity index (χ1v) is 9.62. The van der Waals surface area contributed by atoms with Crippen molar-refractivity contribution in [3.63, 3.8) is 0 Å². The number of nitrogens with zero attached hydrogens (tertiary/aromatic N) is 3. The van der Waals surface area contributed by atoms with Gasteiger partial charge in [-0.1, -0.05) is 48.0 Å². The molecule has 1 aliphatic rings. The number of amidine groups is 1. The van der Waals surface area contributed by atoms with E-state index in [1.54, 1.807) is 24.5 Å². The van der Waals surface area contributed by atoms with Crippen molar-refractivity contribution in [3.8, 4) is 5.75 Å². The van der Waals surface area contributed by atoms with E-state index in [9.17, 15) is 4.79 Å². The van der Waals surface area contributed by atoms with Crippen LogP contribution in [0, 0.1) is 0 Å². The highest BCUT2D eigenvalue weighted by molar-refractivity contribution is 6.31. The Morgan fingerprint density at radius 1 is 1.03 bits per heavy atom. The number of hydrogen-bond acceptors (Lipinski definition) is 4. The minimum absolute atomic E-state index is 0.194. The number of anilines is 1. The molecular weight excluding hydrogens is 400 g/mol. The van der Waals surface area contributed by atoms with Crippen molar-refractivity contribution >= 4 is 46.3 Å². The Kier molecular flexibility index (Phi) is 4.53. The molecule has 0 saturated heterocycles. The summed E-state index contributed by atoms with van der Waals surface area (Å²) in [4.78, 5) is 26.5. The Hall–Kier alpha value is -3.90. The van der Waals surface area contributed by atoms with Crippen molar-refractivity contribution in [1.29, 1.82) is 0 Å². The number of aromatic nitrogens is 2. The van der Waals surface area contributed by atoms with E-state index in [1.165, 1.54) is 4.90 Å². The lowest BCUT2D eigenvalue weighted by molar-refractivity contribution is -0.113. The highest BCUT2D eigenvalue weighted by atomic mass is 35.5. The summed E-state index contributed by atoms with van der Waals surface area (Å²) in [6.45, 7) is 0. The van der Waals surface area contributed by atoms with Gasteiger partial charge in [0.1, 0.15) is 17.1 Å². The van der Waals surface area contributed by atoms with Gasteiger partial charge in [-0.15, -0.1) is 0 Å². The Balaban J connectivity index is 1.58. The summed E-state index contributed by atoms with van der Waals surface area (Å²) < 4.78 is 5.94. The average Bonchev–Trinajstić information content (AvgIpc) is 3.30. The highest BCUT2D eigenvalue weighted by Crippen LogP contribution is 2.28. The molecule has 0 spiro atoms. The van der Waals surface area contributed by atoms with Crippen LogP contribution in [0.3, 0.4) is 0 Å². The maximum Gasteiger partial charge on any atom is 0.310 e. The second-order valence-electron chi connectivity index (χ2n) is 6.61. The molecule has 1 amide bonds. The van der Waals surface area contributed by atoms with Crippen molar-refractivity contribution in [2.24, 2.45) is 4.99 Å². The summed E-state index contributed by atoms with van der Waals surface area (Å²) in [5.74, 6) is 0.311. The fraction of sp³-hybridized carbons (Fsp3) is 0. The van der Waals surface area contributed by atoms with Gasteiger partial charge in [0.15, 0.2) is 0 Å². The molecule has 2 aromatic carbocycles. The normalized spacial score (nSPS) is 15.1. The third-order valence-corrected chi connectivity index (χ3v) is 4.82. The van der Waals surface area contributed by atoms with Crippen LogP contribution in [-0.2, 0) is 4.79 Å². The van der Waals surface area contributed by atoms with E-state index in [4.69, 9.17) is 16.3 Å². The summed E-state index contributed by atoms with van der Waals surface area (Å²) in [6.07, 6.45) is 5.04. The van der Waals surface area contributed by atoms with Crippen LogP contribution in [0.4, 0.5) is 5.69 Å². The standard InChI is InChI=1S/C23H15ClN4O2/c24-16-12-19-15(13-25-21(19)26-14-16)11-20-22(29)28(17-7-3-1-4-8-17)23(27-20)30-18-9-5-2-6-10-18/h1-14H,(H,25,26)/b20-11-. The molecule has 0 bridgehead atoms. The molecular formula is C23H15ClN4O2. The van der Waals surface area contributed by atoms with Gasteiger partial charge in [-0.25, -0.2) is 9.88 Å². The van der Waals surface area contributed by atoms with Gasteiger partial charge in [0.25, 0.3) is 5.91 Å². The third-order valence-electron chi connectivity index (χ3n) is 4.62. The number of amides is 1. The van der Waals surface area contributed by atoms with Gasteiger partial charge in [-0.2, -0.15) is 4.99 Å². The first-order chi connectivity index (χ1) is 14.7. The second kappa shape index (κ2) is 7.50. The molecule has 0 saturated carbocycles. The van der Waals surface area contributed by atoms with Gasteiger partial charge in [0, 0.05) is 23.3 Å². The number of hydrogen-bond donors (Lipinski definition) is 1. The van der Waals surface area contributed by atoms with Gasteiger partial charge in [-0.05, 0) is 36.4 Å². The summed E-state index contributed by atoms with van der Waals surface area (Å²) in [7, 11) is 0. The van der Waals surface area contributed by atoms with E-state index in [0.717, 1.165) is 10.9 Å². The van der Waals surface area contributed by atoms with Gasteiger partial charge < -0.3 is 9.72 Å². The predicted octanol–water partition coefficient (Wildman–Crippen LogP) is 5.04. The molecule has 4 aromatic rings. The van der Waals surface area contributed by atoms with Crippen LogP contribution in [0.25, 0.3) is 17.1 Å². The van der Waals surface area contributed by atoms with Crippen LogP contribution in [0.15, 0.2) is 89.8 Å². The Bertz CT molecular complexity index is 1300. The number of benzene rings is 2. The van der Waals surface area contributed by atoms with E-state index in [-0.39, 0.29) is 17.6 Å². The number of H-pyrrole nitrogens is 1. The molecule has 3 heterocycles. The first-order valence-electron chi connectivity index (χ1n) is 9.24. The largest absolute Gasteiger partial charge is 0.425 e. The van der Waals surface area contributed by atoms with Crippen LogP contribution in [0.2, 0.25) is 5.02 Å². The quantitative estimate of drug-likeness (QED) is 0.477. The van der Waals surface area contributed by atoms with Gasteiger partial charge in [0.05, 0.1) is 10.7 Å². The number of rotatable bonds is 3. The monoisotopic (exact) mass is 414 g/mol. The zero-order valence-electron chi connectivity index (χ0n) is 15.6. The van der Waals surface area contributed by atoms with E-state index in [2.05, 4.69) is 15.0 Å². The Morgan fingerprint density at radius 2 is 1.77 bits per heavy atom. The van der Waals surface area contributed by atoms with E-state index in [1.807, 2.05) is 60.7 Å². The molecule has 0 aliphatic carbocycles. The zero-order valence-corrected chi connectivity index (χ0v) is 16.4. The van der Waals surface area contributed by atoms with Crippen molar-refractivity contribution in [2.75, 3.05) is 4.90 Å². The SMILES string of the molecule is O=C1/C(=C/c2c[nH]c3ncc(Cl)cc23)N=C(Oc2ccccc2)N1c1ccccc1. The lowest BCUT2D eigenvalue weighted by Gasteiger charge is -2.17. The van der Waals surface area contributed by atoms with Crippen LogP contribution < -0.4 is 9.64 Å². The summed E-state index contributed by atoms with van der Waals surface area (Å²) in [5.41, 5.74) is 2.37. The summed E-state index contributed by atoms with van der Waals surface area (Å²) in [5, 5.41) is 1.32. The van der Waals surface area contributed by atoms with Crippen molar-refractivity contribution in [2.45, 2.75) is 0 Å². The second-order valence-corrected chi connectivity index (χ2v) is 7.05. The predicted molar refractivity (Wildman–Crippen MR) is 118 cm³/mol. The van der Waals surface area contributed by atoms with Crippen molar-refractivity contribution in [3.05, 3.63) is 95.4 Å². The van der Waals surface area contributed by atoms with Gasteiger partial charge >= 0.3 is 6.02 Å². The Morgan fingerprint density at radius 3 is 2.53 bits per heavy atom. The summed E-state index contributed by atoms with van der Waals surface area (Å²) >= 11 is 6.09. The molecule has 0 radical (unpaired) electrons. The molecule has 7 heteroatoms. The number of carbonyl (C=O) groups excluding carboxylic acids is 1. The maximum absolute atomic E-state index is 13.2. The topological polar surface area (TPSA) is 70.6 Å². The van der Waals surface area contributed by atoms with Crippen molar-refractivity contribution < 1.29 is 9.53 Å². The van der Waals surface area contributed by atoms with Crippen molar-refractivity contribution in [1.82, 2.24) is 9.97 Å². The molecule has 0 unspecified atom stereocenters. The van der Waals surface area contributed by atoms with E-state index >= 15 is 0 Å². The fourth-order valence-corrected chi connectivity index (χ4v) is 3.39. The number of para-hydroxylation sites is 2. The first kappa shape index (κ1) is 18.1. The van der Waals surface area contributed by atoms with E-state index in [0.29, 0.717) is 22.1 Å². The maximum atomic E-state index is 13.2. The fourth-order valence-electron chi connectivity index (χ4n) is 3.23. The Labute approximate surface area is 177 Å². The molecule has 6 nitrogen and oxygen atoms in total. The number of halogens is 1. The lowest BCUT2D eigenvalue weighted by Crippen LogP contribution is -2.35. The van der Waals surface area contributed by atoms with Crippen LogP contribution in [0.1, 0.15) is 5.56 Å². The molecule has 30 heavy (non-hydrogen) atoms. The molecule has 0 fully saturated rings. The van der Waals surface area contributed by atoms with Gasteiger partial charge in [0.2, 0.25) is 0 Å². The summed E-state index contributed by atoms with van der Waals surface area (Å²) in [6, 6.07) is 20.5.